The molecule has 0 N–H and O–H groups in total. The molecule has 0 aromatic heterocycles. The number of carbonyl (C=O) groups is 1. The third-order valence-corrected chi connectivity index (χ3v) is 5.85. The maximum atomic E-state index is 12.2. The number of benzene rings is 1. The predicted octanol–water partition coefficient (Wildman–Crippen LogP) is 8.12. The summed E-state index contributed by atoms with van der Waals surface area (Å²) in [7, 11) is 3.14. The molecule has 0 saturated heterocycles. The summed E-state index contributed by atoms with van der Waals surface area (Å²) in [6, 6.07) is 5.09. The number of hydrogen-bond donors (Lipinski definition) is 0. The third-order valence-electron chi connectivity index (χ3n) is 5.85. The van der Waals surface area contributed by atoms with Crippen LogP contribution in [0.5, 0.6) is 11.5 Å². The first kappa shape index (κ1) is 27.3. The molecule has 0 saturated carbocycles. The Hall–Kier alpha value is -1.71. The van der Waals surface area contributed by atoms with Crippen molar-refractivity contribution in [1.29, 1.82) is 0 Å². The Morgan fingerprint density at radius 2 is 1.10 bits per heavy atom. The van der Waals surface area contributed by atoms with Gasteiger partial charge >= 0.3 is 5.97 Å². The Bertz CT molecular complexity index is 570. The van der Waals surface area contributed by atoms with Crippen LogP contribution in [-0.4, -0.2) is 26.8 Å². The van der Waals surface area contributed by atoms with Crippen LogP contribution < -0.4 is 9.47 Å². The van der Waals surface area contributed by atoms with E-state index in [1.54, 1.807) is 32.4 Å². The molecule has 0 atom stereocenters. The van der Waals surface area contributed by atoms with Gasteiger partial charge in [0.25, 0.3) is 0 Å². The summed E-state index contributed by atoms with van der Waals surface area (Å²) in [6.45, 7) is 2.76. The molecule has 1 rings (SSSR count). The lowest BCUT2D eigenvalue weighted by atomic mass is 10.0. The standard InChI is InChI=1S/C27H46O4/c1-4-5-6-7-8-9-10-11-12-13-14-15-16-17-18-19-22-31-27(28)24-20-21-25(29-2)26(23-24)30-3/h20-21,23H,4-19,22H2,1-3H3. The average molecular weight is 435 g/mol. The number of unbranched alkanes of at least 4 members (excludes halogenated alkanes) is 15. The van der Waals surface area contributed by atoms with Crippen LogP contribution in [0.2, 0.25) is 0 Å². The summed E-state index contributed by atoms with van der Waals surface area (Å²) in [4.78, 5) is 12.2. The lowest BCUT2D eigenvalue weighted by molar-refractivity contribution is 0.0497. The van der Waals surface area contributed by atoms with Crippen LogP contribution in [0, 0.1) is 0 Å². The van der Waals surface area contributed by atoms with Crippen molar-refractivity contribution in [2.75, 3.05) is 20.8 Å². The maximum Gasteiger partial charge on any atom is 0.338 e. The molecule has 0 bridgehead atoms. The zero-order chi connectivity index (χ0) is 22.6. The van der Waals surface area contributed by atoms with E-state index in [0.717, 1.165) is 12.8 Å². The Labute approximate surface area is 191 Å². The lowest BCUT2D eigenvalue weighted by Gasteiger charge is -2.09. The monoisotopic (exact) mass is 434 g/mol. The van der Waals surface area contributed by atoms with E-state index in [1.807, 2.05) is 0 Å². The number of ether oxygens (including phenoxy) is 3. The zero-order valence-corrected chi connectivity index (χ0v) is 20.4. The molecule has 0 radical (unpaired) electrons. The average Bonchev–Trinajstić information content (AvgIpc) is 2.80. The predicted molar refractivity (Wildman–Crippen MR) is 129 cm³/mol. The topological polar surface area (TPSA) is 44.8 Å². The van der Waals surface area contributed by atoms with Crippen molar-refractivity contribution in [2.45, 2.75) is 110 Å². The Morgan fingerprint density at radius 1 is 0.645 bits per heavy atom. The van der Waals surface area contributed by atoms with E-state index in [0.29, 0.717) is 23.7 Å². The maximum absolute atomic E-state index is 12.2. The Kier molecular flexibility index (Phi) is 16.8. The summed E-state index contributed by atoms with van der Waals surface area (Å²) < 4.78 is 15.8. The van der Waals surface area contributed by atoms with E-state index < -0.39 is 0 Å². The molecule has 0 heterocycles. The van der Waals surface area contributed by atoms with Crippen molar-refractivity contribution in [3.63, 3.8) is 0 Å². The number of methoxy groups -OCH3 is 2. The molecule has 0 amide bonds. The first-order valence-corrected chi connectivity index (χ1v) is 12.6. The summed E-state index contributed by atoms with van der Waals surface area (Å²) >= 11 is 0. The molecule has 1 aromatic carbocycles. The van der Waals surface area contributed by atoms with Crippen LogP contribution in [0.3, 0.4) is 0 Å². The van der Waals surface area contributed by atoms with Crippen molar-refractivity contribution in [1.82, 2.24) is 0 Å². The third kappa shape index (κ3) is 13.3. The first-order chi connectivity index (χ1) is 15.2. The Balaban J connectivity index is 1.91. The van der Waals surface area contributed by atoms with Crippen molar-refractivity contribution in [3.05, 3.63) is 23.8 Å². The molecule has 4 nitrogen and oxygen atoms in total. The van der Waals surface area contributed by atoms with E-state index >= 15 is 0 Å². The molecule has 1 aromatic rings. The number of rotatable bonds is 20. The van der Waals surface area contributed by atoms with Crippen LogP contribution in [0.25, 0.3) is 0 Å². The molecular weight excluding hydrogens is 388 g/mol. The normalized spacial score (nSPS) is 10.8. The fourth-order valence-corrected chi connectivity index (χ4v) is 3.86. The molecule has 0 spiro atoms. The number of hydrogen-bond acceptors (Lipinski definition) is 4. The van der Waals surface area contributed by atoms with Gasteiger partial charge < -0.3 is 14.2 Å². The van der Waals surface area contributed by atoms with Crippen molar-refractivity contribution < 1.29 is 19.0 Å². The van der Waals surface area contributed by atoms with E-state index in [-0.39, 0.29) is 5.97 Å². The van der Waals surface area contributed by atoms with Gasteiger partial charge in [0, 0.05) is 0 Å². The zero-order valence-electron chi connectivity index (χ0n) is 20.4. The first-order valence-electron chi connectivity index (χ1n) is 12.6. The quantitative estimate of drug-likeness (QED) is 0.153. The molecule has 0 aliphatic heterocycles. The van der Waals surface area contributed by atoms with Gasteiger partial charge in [-0.15, -0.1) is 0 Å². The largest absolute Gasteiger partial charge is 0.493 e. The molecule has 0 fully saturated rings. The van der Waals surface area contributed by atoms with Crippen LogP contribution >= 0.6 is 0 Å². The molecular formula is C27H46O4. The molecule has 0 unspecified atom stereocenters. The summed E-state index contributed by atoms with van der Waals surface area (Å²) in [6.07, 6.45) is 21.4. The minimum atomic E-state index is -0.304. The number of carbonyl (C=O) groups excluding carboxylic acids is 1. The molecule has 0 aliphatic carbocycles. The summed E-state index contributed by atoms with van der Waals surface area (Å²) in [5.74, 6) is 0.845. The second kappa shape index (κ2) is 19.0. The lowest BCUT2D eigenvalue weighted by Crippen LogP contribution is -2.07. The van der Waals surface area contributed by atoms with Crippen LogP contribution in [0.4, 0.5) is 0 Å². The van der Waals surface area contributed by atoms with E-state index in [1.165, 1.54) is 89.9 Å². The van der Waals surface area contributed by atoms with Gasteiger partial charge in [-0.1, -0.05) is 103 Å². The second-order valence-electron chi connectivity index (χ2n) is 8.51. The van der Waals surface area contributed by atoms with Crippen molar-refractivity contribution >= 4 is 5.97 Å². The molecule has 178 valence electrons. The van der Waals surface area contributed by atoms with E-state index in [4.69, 9.17) is 14.2 Å². The van der Waals surface area contributed by atoms with Crippen LogP contribution in [0.15, 0.2) is 18.2 Å². The minimum absolute atomic E-state index is 0.304. The van der Waals surface area contributed by atoms with Gasteiger partial charge in [-0.3, -0.25) is 0 Å². The fourth-order valence-electron chi connectivity index (χ4n) is 3.86. The van der Waals surface area contributed by atoms with E-state index in [2.05, 4.69) is 6.92 Å². The second-order valence-corrected chi connectivity index (χ2v) is 8.51. The summed E-state index contributed by atoms with van der Waals surface area (Å²) in [5.41, 5.74) is 0.495. The van der Waals surface area contributed by atoms with Gasteiger partial charge in [0.1, 0.15) is 0 Å². The van der Waals surface area contributed by atoms with Gasteiger partial charge in [0.2, 0.25) is 0 Å². The van der Waals surface area contributed by atoms with Gasteiger partial charge in [-0.2, -0.15) is 0 Å². The van der Waals surface area contributed by atoms with Gasteiger partial charge in [0.05, 0.1) is 26.4 Å². The molecule has 31 heavy (non-hydrogen) atoms. The highest BCUT2D eigenvalue weighted by Crippen LogP contribution is 2.27. The smallest absolute Gasteiger partial charge is 0.338 e. The highest BCUT2D eigenvalue weighted by molar-refractivity contribution is 5.90. The highest BCUT2D eigenvalue weighted by atomic mass is 16.5. The van der Waals surface area contributed by atoms with Crippen LogP contribution in [-0.2, 0) is 4.74 Å². The van der Waals surface area contributed by atoms with Crippen LogP contribution in [0.1, 0.15) is 120 Å². The van der Waals surface area contributed by atoms with Gasteiger partial charge in [-0.05, 0) is 24.6 Å². The molecule has 4 heteroatoms. The Morgan fingerprint density at radius 3 is 1.55 bits per heavy atom. The number of esters is 1. The minimum Gasteiger partial charge on any atom is -0.493 e. The van der Waals surface area contributed by atoms with Crippen molar-refractivity contribution in [2.24, 2.45) is 0 Å². The molecule has 0 aliphatic rings. The highest BCUT2D eigenvalue weighted by Gasteiger charge is 2.11. The van der Waals surface area contributed by atoms with E-state index in [9.17, 15) is 4.79 Å². The SMILES string of the molecule is CCCCCCCCCCCCCCCCCCOC(=O)c1ccc(OC)c(OC)c1. The van der Waals surface area contributed by atoms with Gasteiger partial charge in [0.15, 0.2) is 11.5 Å². The summed E-state index contributed by atoms with van der Waals surface area (Å²) in [5, 5.41) is 0. The van der Waals surface area contributed by atoms with Crippen molar-refractivity contribution in [3.8, 4) is 11.5 Å². The fraction of sp³-hybridized carbons (Fsp3) is 0.741. The van der Waals surface area contributed by atoms with Gasteiger partial charge in [-0.25, -0.2) is 4.79 Å².